The van der Waals surface area contributed by atoms with Crippen molar-refractivity contribution in [1.29, 1.82) is 5.41 Å². The highest BCUT2D eigenvalue weighted by molar-refractivity contribution is 6.29. The normalized spacial score (nSPS) is 9.50. The van der Waals surface area contributed by atoms with E-state index in [-0.39, 0.29) is 16.7 Å². The van der Waals surface area contributed by atoms with Crippen LogP contribution < -0.4 is 16.8 Å². The highest BCUT2D eigenvalue weighted by atomic mass is 35.5. The Kier molecular flexibility index (Phi) is 2.82. The van der Waals surface area contributed by atoms with E-state index in [2.05, 4.69) is 9.97 Å². The molecule has 0 unspecified atom stereocenters. The van der Waals surface area contributed by atoms with E-state index < -0.39 is 11.9 Å². The van der Waals surface area contributed by atoms with Gasteiger partial charge in [0.1, 0.15) is 5.15 Å². The molecule has 0 atom stereocenters. The highest BCUT2D eigenvalue weighted by Crippen LogP contribution is 2.09. The Labute approximate surface area is 84.0 Å². The molecule has 1 rings (SSSR count). The molecule has 0 bridgehead atoms. The molecule has 0 aliphatic heterocycles. The van der Waals surface area contributed by atoms with Crippen LogP contribution in [0.4, 0.5) is 5.82 Å². The molecule has 8 heteroatoms. The summed E-state index contributed by atoms with van der Waals surface area (Å²) in [7, 11) is 0. The number of carbonyl (C=O) groups excluding carboxylic acids is 1. The Morgan fingerprint density at radius 3 is 2.86 bits per heavy atom. The second kappa shape index (κ2) is 3.88. The van der Waals surface area contributed by atoms with Crippen molar-refractivity contribution in [2.24, 2.45) is 5.73 Å². The van der Waals surface area contributed by atoms with E-state index in [1.807, 2.05) is 5.32 Å². The lowest BCUT2D eigenvalue weighted by Gasteiger charge is -2.03. The monoisotopic (exact) mass is 214 g/mol. The number of nitrogens with two attached hydrogens (primary N) is 2. The van der Waals surface area contributed by atoms with E-state index in [4.69, 9.17) is 28.5 Å². The van der Waals surface area contributed by atoms with Gasteiger partial charge in [0.05, 0.1) is 6.20 Å². The molecular weight excluding hydrogens is 208 g/mol. The molecule has 1 aromatic heterocycles. The predicted octanol–water partition coefficient (Wildman–Crippen LogP) is -0.665. The summed E-state index contributed by atoms with van der Waals surface area (Å²) < 4.78 is 0. The Morgan fingerprint density at radius 1 is 1.64 bits per heavy atom. The molecule has 1 amide bonds. The summed E-state index contributed by atoms with van der Waals surface area (Å²) in [6, 6.07) is 0. The summed E-state index contributed by atoms with van der Waals surface area (Å²) in [6.07, 6.45) is 1.21. The SMILES string of the molecule is N=C(N)NC(=O)c1nc(Cl)cnc1N. The smallest absolute Gasteiger partial charge is 0.280 e. The van der Waals surface area contributed by atoms with Gasteiger partial charge in [-0.2, -0.15) is 0 Å². The molecule has 0 saturated heterocycles. The van der Waals surface area contributed by atoms with Crippen molar-refractivity contribution in [1.82, 2.24) is 15.3 Å². The maximum absolute atomic E-state index is 11.3. The minimum absolute atomic E-state index is 0.0351. The molecule has 74 valence electrons. The average molecular weight is 215 g/mol. The summed E-state index contributed by atoms with van der Waals surface area (Å²) in [4.78, 5) is 18.5. The van der Waals surface area contributed by atoms with Gasteiger partial charge in [0.15, 0.2) is 17.5 Å². The molecule has 0 spiro atoms. The van der Waals surface area contributed by atoms with Gasteiger partial charge in [-0.3, -0.25) is 15.5 Å². The van der Waals surface area contributed by atoms with Crippen LogP contribution in [0.15, 0.2) is 6.20 Å². The molecule has 0 saturated carbocycles. The first-order valence-corrected chi connectivity index (χ1v) is 3.82. The molecule has 0 aromatic carbocycles. The zero-order valence-corrected chi connectivity index (χ0v) is 7.67. The third-order valence-electron chi connectivity index (χ3n) is 1.23. The summed E-state index contributed by atoms with van der Waals surface area (Å²) in [5, 5.41) is 8.87. The van der Waals surface area contributed by atoms with E-state index in [9.17, 15) is 4.79 Å². The number of nitrogen functional groups attached to an aromatic ring is 1. The van der Waals surface area contributed by atoms with E-state index in [1.54, 1.807) is 0 Å². The van der Waals surface area contributed by atoms with E-state index in [0.29, 0.717) is 0 Å². The van der Waals surface area contributed by atoms with Gasteiger partial charge in [-0.15, -0.1) is 0 Å². The third kappa shape index (κ3) is 2.30. The Hall–Kier alpha value is -1.89. The summed E-state index contributed by atoms with van der Waals surface area (Å²) in [6.45, 7) is 0. The lowest BCUT2D eigenvalue weighted by atomic mass is 10.4. The molecule has 0 aliphatic carbocycles. The fourth-order valence-corrected chi connectivity index (χ4v) is 0.859. The summed E-state index contributed by atoms with van der Waals surface area (Å²) in [5.41, 5.74) is 10.2. The van der Waals surface area contributed by atoms with Crippen LogP contribution in [0.1, 0.15) is 10.5 Å². The molecule has 0 radical (unpaired) electrons. The summed E-state index contributed by atoms with van der Waals surface area (Å²) >= 11 is 5.50. The topological polar surface area (TPSA) is 131 Å². The summed E-state index contributed by atoms with van der Waals surface area (Å²) in [5.74, 6) is -1.30. The van der Waals surface area contributed by atoms with Crippen molar-refractivity contribution in [3.05, 3.63) is 17.0 Å². The molecule has 0 aliphatic rings. The number of hydrogen-bond acceptors (Lipinski definition) is 5. The van der Waals surface area contributed by atoms with Gasteiger partial charge >= 0.3 is 0 Å². The van der Waals surface area contributed by atoms with Crippen molar-refractivity contribution < 1.29 is 4.79 Å². The van der Waals surface area contributed by atoms with Crippen LogP contribution in [-0.4, -0.2) is 21.8 Å². The zero-order valence-electron chi connectivity index (χ0n) is 6.91. The number of halogens is 1. The first-order chi connectivity index (χ1) is 6.50. The number of amides is 1. The lowest BCUT2D eigenvalue weighted by molar-refractivity contribution is 0.0972. The number of nitrogens with one attached hydrogen (secondary N) is 2. The van der Waals surface area contributed by atoms with Crippen molar-refractivity contribution >= 4 is 29.3 Å². The third-order valence-corrected chi connectivity index (χ3v) is 1.42. The van der Waals surface area contributed by atoms with Crippen LogP contribution in [-0.2, 0) is 0 Å². The fraction of sp³-hybridized carbons (Fsp3) is 0. The number of carbonyl (C=O) groups is 1. The zero-order chi connectivity index (χ0) is 10.7. The Balaban J connectivity index is 3.00. The quantitative estimate of drug-likeness (QED) is 0.364. The Bertz CT molecular complexity index is 392. The predicted molar refractivity (Wildman–Crippen MR) is 50.8 cm³/mol. The maximum atomic E-state index is 11.3. The minimum atomic E-state index is -0.718. The first kappa shape index (κ1) is 10.2. The van der Waals surface area contributed by atoms with E-state index in [0.717, 1.165) is 0 Å². The Morgan fingerprint density at radius 2 is 2.29 bits per heavy atom. The second-order valence-electron chi connectivity index (χ2n) is 2.29. The molecule has 7 nitrogen and oxygen atoms in total. The van der Waals surface area contributed by atoms with Crippen molar-refractivity contribution in [2.45, 2.75) is 0 Å². The number of aromatic nitrogens is 2. The average Bonchev–Trinajstić information content (AvgIpc) is 2.08. The van der Waals surface area contributed by atoms with Gasteiger partial charge in [-0.05, 0) is 0 Å². The number of hydrogen-bond donors (Lipinski definition) is 4. The molecule has 1 aromatic rings. The second-order valence-corrected chi connectivity index (χ2v) is 2.68. The van der Waals surface area contributed by atoms with Gasteiger partial charge in [-0.25, -0.2) is 9.97 Å². The largest absolute Gasteiger partial charge is 0.382 e. The van der Waals surface area contributed by atoms with Gasteiger partial charge in [0.2, 0.25) is 0 Å². The van der Waals surface area contributed by atoms with Crippen LogP contribution in [0.3, 0.4) is 0 Å². The van der Waals surface area contributed by atoms with Gasteiger partial charge in [-0.1, -0.05) is 11.6 Å². The van der Waals surface area contributed by atoms with Gasteiger partial charge in [0, 0.05) is 0 Å². The van der Waals surface area contributed by atoms with Gasteiger partial charge < -0.3 is 11.5 Å². The highest BCUT2D eigenvalue weighted by Gasteiger charge is 2.13. The number of guanidine groups is 1. The van der Waals surface area contributed by atoms with Crippen molar-refractivity contribution in [3.63, 3.8) is 0 Å². The standard InChI is InChI=1S/C6H7ClN6O/c7-2-1-11-4(8)3(12-2)5(14)13-6(9)10/h1H,(H2,8,11)(H4,9,10,13,14). The molecule has 14 heavy (non-hydrogen) atoms. The van der Waals surface area contributed by atoms with Crippen LogP contribution in [0.2, 0.25) is 5.15 Å². The number of nitrogens with zero attached hydrogens (tertiary/aromatic N) is 2. The van der Waals surface area contributed by atoms with E-state index in [1.165, 1.54) is 6.20 Å². The van der Waals surface area contributed by atoms with Crippen LogP contribution >= 0.6 is 11.6 Å². The van der Waals surface area contributed by atoms with E-state index >= 15 is 0 Å². The van der Waals surface area contributed by atoms with Crippen LogP contribution in [0, 0.1) is 5.41 Å². The minimum Gasteiger partial charge on any atom is -0.382 e. The van der Waals surface area contributed by atoms with Crippen LogP contribution in [0.5, 0.6) is 0 Å². The molecular formula is C6H7ClN6O. The maximum Gasteiger partial charge on any atom is 0.280 e. The lowest BCUT2D eigenvalue weighted by Crippen LogP contribution is -2.36. The number of rotatable bonds is 1. The fourth-order valence-electron chi connectivity index (χ4n) is 0.726. The first-order valence-electron chi connectivity index (χ1n) is 3.44. The molecule has 6 N–H and O–H groups in total. The van der Waals surface area contributed by atoms with Crippen molar-refractivity contribution in [3.8, 4) is 0 Å². The molecule has 0 fully saturated rings. The number of anilines is 1. The van der Waals surface area contributed by atoms with Crippen molar-refractivity contribution in [2.75, 3.05) is 5.73 Å². The molecule has 1 heterocycles. The van der Waals surface area contributed by atoms with Crippen LogP contribution in [0.25, 0.3) is 0 Å². The van der Waals surface area contributed by atoms with Gasteiger partial charge in [0.25, 0.3) is 5.91 Å².